The third-order valence-corrected chi connectivity index (χ3v) is 3.41. The van der Waals surface area contributed by atoms with E-state index in [9.17, 15) is 9.59 Å². The number of hydrogen-bond acceptors (Lipinski definition) is 4. The Morgan fingerprint density at radius 3 is 2.39 bits per heavy atom. The molecule has 2 aromatic rings. The first kappa shape index (κ1) is 12.5. The zero-order chi connectivity index (χ0) is 13.0. The van der Waals surface area contributed by atoms with E-state index in [-0.39, 0.29) is 11.8 Å². The van der Waals surface area contributed by atoms with Crippen LogP contribution in [0.15, 0.2) is 42.5 Å². The molecule has 0 saturated heterocycles. The molecule has 0 aliphatic carbocycles. The van der Waals surface area contributed by atoms with Crippen LogP contribution in [0.25, 0.3) is 0 Å². The van der Waals surface area contributed by atoms with Crippen molar-refractivity contribution in [3.8, 4) is 0 Å². The minimum absolute atomic E-state index is 0.0730. The molecule has 0 N–H and O–H groups in total. The van der Waals surface area contributed by atoms with Crippen LogP contribution in [-0.4, -0.2) is 18.4 Å². The summed E-state index contributed by atoms with van der Waals surface area (Å²) in [6.07, 6.45) is 0. The average Bonchev–Trinajstić information content (AvgIpc) is 2.89. The predicted molar refractivity (Wildman–Crippen MR) is 70.2 cm³/mol. The zero-order valence-electron chi connectivity index (χ0n) is 9.88. The highest BCUT2D eigenvalue weighted by Gasteiger charge is 2.15. The minimum atomic E-state index is -0.380. The topological polar surface area (TPSA) is 43.4 Å². The first-order valence-corrected chi connectivity index (χ1v) is 6.40. The van der Waals surface area contributed by atoms with Crippen LogP contribution in [0.5, 0.6) is 0 Å². The molecule has 0 aliphatic rings. The van der Waals surface area contributed by atoms with Crippen LogP contribution in [-0.2, 0) is 4.74 Å². The van der Waals surface area contributed by atoms with Crippen molar-refractivity contribution in [1.82, 2.24) is 0 Å². The lowest BCUT2D eigenvalue weighted by Gasteiger charge is -1.98. The Balaban J connectivity index is 2.20. The van der Waals surface area contributed by atoms with Crippen LogP contribution >= 0.6 is 11.3 Å². The SMILES string of the molecule is CCOC(=O)c1ccc(C(=O)c2ccccc2)s1. The minimum Gasteiger partial charge on any atom is -0.462 e. The van der Waals surface area contributed by atoms with Crippen molar-refractivity contribution in [3.63, 3.8) is 0 Å². The van der Waals surface area contributed by atoms with Gasteiger partial charge in [-0.25, -0.2) is 4.79 Å². The Bertz CT molecular complexity index is 557. The Hall–Kier alpha value is -1.94. The molecule has 0 atom stereocenters. The van der Waals surface area contributed by atoms with Gasteiger partial charge in [-0.05, 0) is 19.1 Å². The molecule has 1 heterocycles. The lowest BCUT2D eigenvalue weighted by atomic mass is 10.1. The van der Waals surface area contributed by atoms with Gasteiger partial charge in [0.15, 0.2) is 0 Å². The van der Waals surface area contributed by atoms with Crippen LogP contribution in [0, 0.1) is 0 Å². The van der Waals surface area contributed by atoms with Crippen molar-refractivity contribution < 1.29 is 14.3 Å². The van der Waals surface area contributed by atoms with E-state index in [4.69, 9.17) is 4.74 Å². The highest BCUT2D eigenvalue weighted by Crippen LogP contribution is 2.20. The van der Waals surface area contributed by atoms with Gasteiger partial charge in [-0.15, -0.1) is 11.3 Å². The summed E-state index contributed by atoms with van der Waals surface area (Å²) in [4.78, 5) is 24.6. The number of carbonyl (C=O) groups is 2. The summed E-state index contributed by atoms with van der Waals surface area (Å²) >= 11 is 1.16. The van der Waals surface area contributed by atoms with E-state index in [2.05, 4.69) is 0 Å². The Labute approximate surface area is 109 Å². The maximum atomic E-state index is 12.1. The molecule has 1 aromatic heterocycles. The normalized spacial score (nSPS) is 10.1. The Morgan fingerprint density at radius 2 is 1.72 bits per heavy atom. The van der Waals surface area contributed by atoms with Gasteiger partial charge >= 0.3 is 5.97 Å². The lowest BCUT2D eigenvalue weighted by molar-refractivity contribution is 0.0532. The molecule has 0 amide bonds. The molecule has 0 unspecified atom stereocenters. The molecule has 4 heteroatoms. The van der Waals surface area contributed by atoms with Crippen LogP contribution in [0.2, 0.25) is 0 Å². The molecule has 0 spiro atoms. The second kappa shape index (κ2) is 5.60. The highest BCUT2D eigenvalue weighted by molar-refractivity contribution is 7.16. The molecule has 3 nitrogen and oxygen atoms in total. The van der Waals surface area contributed by atoms with E-state index in [0.29, 0.717) is 21.9 Å². The van der Waals surface area contributed by atoms with Crippen molar-refractivity contribution >= 4 is 23.1 Å². The standard InChI is InChI=1S/C14H12O3S/c1-2-17-14(16)12-9-8-11(18-12)13(15)10-6-4-3-5-7-10/h3-9H,2H2,1H3. The van der Waals surface area contributed by atoms with Gasteiger partial charge in [0.1, 0.15) is 4.88 Å². The summed E-state index contributed by atoms with van der Waals surface area (Å²) in [5.41, 5.74) is 0.620. The van der Waals surface area contributed by atoms with Crippen LogP contribution in [0.1, 0.15) is 31.8 Å². The number of hydrogen-bond donors (Lipinski definition) is 0. The fourth-order valence-electron chi connectivity index (χ4n) is 1.50. The second-order valence-electron chi connectivity index (χ2n) is 3.58. The van der Waals surface area contributed by atoms with E-state index in [1.54, 1.807) is 31.2 Å². The molecule has 1 aromatic carbocycles. The van der Waals surface area contributed by atoms with Crippen molar-refractivity contribution in [1.29, 1.82) is 0 Å². The van der Waals surface area contributed by atoms with Crippen LogP contribution in [0.3, 0.4) is 0 Å². The van der Waals surface area contributed by atoms with E-state index in [0.717, 1.165) is 11.3 Å². The Morgan fingerprint density at radius 1 is 1.06 bits per heavy atom. The molecule has 92 valence electrons. The van der Waals surface area contributed by atoms with E-state index in [1.165, 1.54) is 0 Å². The number of esters is 1. The van der Waals surface area contributed by atoms with Crippen molar-refractivity contribution in [2.24, 2.45) is 0 Å². The van der Waals surface area contributed by atoms with Gasteiger partial charge in [-0.2, -0.15) is 0 Å². The van der Waals surface area contributed by atoms with Crippen molar-refractivity contribution in [3.05, 3.63) is 57.8 Å². The van der Waals surface area contributed by atoms with Crippen LogP contribution < -0.4 is 0 Å². The van der Waals surface area contributed by atoms with Crippen LogP contribution in [0.4, 0.5) is 0 Å². The summed E-state index contributed by atoms with van der Waals surface area (Å²) < 4.78 is 4.89. The summed E-state index contributed by atoms with van der Waals surface area (Å²) in [7, 11) is 0. The molecule has 0 aliphatic heterocycles. The van der Waals surface area contributed by atoms with Gasteiger partial charge in [-0.3, -0.25) is 4.79 Å². The Kier molecular flexibility index (Phi) is 3.89. The highest BCUT2D eigenvalue weighted by atomic mass is 32.1. The fourth-order valence-corrected chi connectivity index (χ4v) is 2.37. The van der Waals surface area contributed by atoms with E-state index < -0.39 is 0 Å². The summed E-state index contributed by atoms with van der Waals surface area (Å²) in [5, 5.41) is 0. The molecule has 0 radical (unpaired) electrons. The molecule has 18 heavy (non-hydrogen) atoms. The third-order valence-electron chi connectivity index (χ3n) is 2.34. The van der Waals surface area contributed by atoms with Gasteiger partial charge in [-0.1, -0.05) is 30.3 Å². The van der Waals surface area contributed by atoms with Gasteiger partial charge in [0.2, 0.25) is 5.78 Å². The zero-order valence-corrected chi connectivity index (χ0v) is 10.7. The second-order valence-corrected chi connectivity index (χ2v) is 4.66. The maximum absolute atomic E-state index is 12.1. The van der Waals surface area contributed by atoms with E-state index >= 15 is 0 Å². The number of carbonyl (C=O) groups excluding carboxylic acids is 2. The van der Waals surface area contributed by atoms with Gasteiger partial charge in [0, 0.05) is 5.56 Å². The molecule has 0 bridgehead atoms. The number of ether oxygens (including phenoxy) is 1. The number of rotatable bonds is 4. The predicted octanol–water partition coefficient (Wildman–Crippen LogP) is 3.16. The van der Waals surface area contributed by atoms with Gasteiger partial charge < -0.3 is 4.74 Å². The first-order chi connectivity index (χ1) is 8.72. The van der Waals surface area contributed by atoms with Crippen molar-refractivity contribution in [2.45, 2.75) is 6.92 Å². The smallest absolute Gasteiger partial charge is 0.348 e. The molecular formula is C14H12O3S. The number of benzene rings is 1. The van der Waals surface area contributed by atoms with Crippen molar-refractivity contribution in [2.75, 3.05) is 6.61 Å². The number of thiophene rings is 1. The van der Waals surface area contributed by atoms with E-state index in [1.807, 2.05) is 18.2 Å². The fraction of sp³-hybridized carbons (Fsp3) is 0.143. The van der Waals surface area contributed by atoms with Gasteiger partial charge in [0.05, 0.1) is 11.5 Å². The molecule has 0 saturated carbocycles. The monoisotopic (exact) mass is 260 g/mol. The quantitative estimate of drug-likeness (QED) is 0.626. The summed E-state index contributed by atoms with van der Waals surface area (Å²) in [6, 6.07) is 12.3. The molecule has 0 fully saturated rings. The maximum Gasteiger partial charge on any atom is 0.348 e. The van der Waals surface area contributed by atoms with Gasteiger partial charge in [0.25, 0.3) is 0 Å². The first-order valence-electron chi connectivity index (χ1n) is 5.59. The average molecular weight is 260 g/mol. The lowest BCUT2D eigenvalue weighted by Crippen LogP contribution is -2.01. The largest absolute Gasteiger partial charge is 0.462 e. The third kappa shape index (κ3) is 2.65. The molecule has 2 rings (SSSR count). The number of ketones is 1. The molecular weight excluding hydrogens is 248 g/mol. The summed E-state index contributed by atoms with van der Waals surface area (Å²) in [6.45, 7) is 2.08. The summed E-state index contributed by atoms with van der Waals surface area (Å²) in [5.74, 6) is -0.453.